The summed E-state index contributed by atoms with van der Waals surface area (Å²) < 4.78 is 2.07. The van der Waals surface area contributed by atoms with E-state index in [2.05, 4.69) is 21.5 Å². The van der Waals surface area contributed by atoms with Crippen molar-refractivity contribution in [1.29, 1.82) is 5.26 Å². The number of phenolic OH excluding ortho intramolecular Hbond substituents is 1. The van der Waals surface area contributed by atoms with Gasteiger partial charge in [-0.1, -0.05) is 24.3 Å². The number of hydrogen-bond donors (Lipinski definition) is 1. The van der Waals surface area contributed by atoms with Crippen LogP contribution in [0.5, 0.6) is 5.75 Å². The fourth-order valence-electron chi connectivity index (χ4n) is 2.85. The Kier molecular flexibility index (Phi) is 6.44. The number of aromatic nitrogens is 2. The number of nitrogens with zero attached hydrogens (tertiary/aromatic N) is 3. The molecule has 1 heterocycles. The van der Waals surface area contributed by atoms with E-state index in [0.717, 1.165) is 16.8 Å². The van der Waals surface area contributed by atoms with Crippen molar-refractivity contribution in [3.8, 4) is 24.2 Å². The molecule has 3 aromatic rings. The van der Waals surface area contributed by atoms with Crippen molar-refractivity contribution in [2.75, 3.05) is 0 Å². The molecule has 26 heavy (non-hydrogen) atoms. The summed E-state index contributed by atoms with van der Waals surface area (Å²) in [6.45, 7) is 0.653. The third kappa shape index (κ3) is 4.25. The molecule has 1 aromatic heterocycles. The van der Waals surface area contributed by atoms with Gasteiger partial charge in [0.05, 0.1) is 18.0 Å². The number of aromatic hydroxyl groups is 1. The quantitative estimate of drug-likeness (QED) is 0.694. The first-order chi connectivity index (χ1) is 12.2. The maximum absolute atomic E-state index is 9.51. The molecule has 2 aromatic carbocycles. The fourth-order valence-corrected chi connectivity index (χ4v) is 2.85. The van der Waals surface area contributed by atoms with E-state index in [1.807, 2.05) is 42.6 Å². The molecule has 0 fully saturated rings. The van der Waals surface area contributed by atoms with Crippen LogP contribution in [0.3, 0.4) is 0 Å². The van der Waals surface area contributed by atoms with Gasteiger partial charge in [-0.25, -0.2) is 4.98 Å². The molecule has 1 N–H and O–H groups in total. The van der Waals surface area contributed by atoms with Crippen molar-refractivity contribution in [2.45, 2.75) is 18.9 Å². The molecule has 3 rings (SSSR count). The molecule has 0 saturated heterocycles. The van der Waals surface area contributed by atoms with Gasteiger partial charge in [0.1, 0.15) is 5.75 Å². The van der Waals surface area contributed by atoms with E-state index in [-0.39, 0.29) is 24.1 Å². The summed E-state index contributed by atoms with van der Waals surface area (Å²) in [6, 6.07) is 16.7. The first-order valence-electron chi connectivity index (χ1n) is 7.92. The lowest BCUT2D eigenvalue weighted by molar-refractivity contribution is 0.475. The summed E-state index contributed by atoms with van der Waals surface area (Å²) in [6.07, 6.45) is 9.74. The minimum absolute atomic E-state index is 0. The molecule has 130 valence electrons. The van der Waals surface area contributed by atoms with Crippen molar-refractivity contribution in [2.24, 2.45) is 0 Å². The Hall–Kier alpha value is -3.21. The second kappa shape index (κ2) is 8.76. The first kappa shape index (κ1) is 19.1. The van der Waals surface area contributed by atoms with Gasteiger partial charge < -0.3 is 9.67 Å². The second-order valence-corrected chi connectivity index (χ2v) is 5.81. The van der Waals surface area contributed by atoms with Crippen molar-refractivity contribution < 1.29 is 5.11 Å². The van der Waals surface area contributed by atoms with E-state index in [1.165, 1.54) is 0 Å². The highest BCUT2D eigenvalue weighted by atomic mass is 35.5. The summed E-state index contributed by atoms with van der Waals surface area (Å²) in [5.74, 6) is 2.97. The molecular weight excluding hydrogens is 346 g/mol. The Morgan fingerprint density at radius 1 is 1.12 bits per heavy atom. The zero-order valence-electron chi connectivity index (χ0n) is 14.0. The monoisotopic (exact) mass is 363 g/mol. The SMILES string of the molecule is C#CCC(c1ccc(O)cc1)c1cncn1Cc1ccc(C#N)cc1.Cl. The highest BCUT2D eigenvalue weighted by Gasteiger charge is 2.18. The van der Waals surface area contributed by atoms with Gasteiger partial charge in [0.25, 0.3) is 0 Å². The lowest BCUT2D eigenvalue weighted by Crippen LogP contribution is -2.09. The van der Waals surface area contributed by atoms with Crippen LogP contribution in [0.4, 0.5) is 0 Å². The van der Waals surface area contributed by atoms with Gasteiger partial charge in [-0.3, -0.25) is 0 Å². The summed E-state index contributed by atoms with van der Waals surface area (Å²) in [5.41, 5.74) is 3.79. The largest absolute Gasteiger partial charge is 0.508 e. The molecule has 0 radical (unpaired) electrons. The van der Waals surface area contributed by atoms with E-state index in [4.69, 9.17) is 11.7 Å². The van der Waals surface area contributed by atoms with Gasteiger partial charge in [-0.15, -0.1) is 24.8 Å². The Labute approximate surface area is 159 Å². The third-order valence-electron chi connectivity index (χ3n) is 4.15. The lowest BCUT2D eigenvalue weighted by Gasteiger charge is -2.18. The van der Waals surface area contributed by atoms with Crippen LogP contribution in [0, 0.1) is 23.7 Å². The maximum Gasteiger partial charge on any atom is 0.115 e. The van der Waals surface area contributed by atoms with Crippen LogP contribution in [0.1, 0.15) is 34.7 Å². The molecule has 0 aliphatic heterocycles. The number of rotatable bonds is 5. The number of terminal acetylenes is 1. The molecular formula is C21H18ClN3O. The molecule has 1 atom stereocenters. The Bertz CT molecular complexity index is 931. The molecule has 0 amide bonds. The van der Waals surface area contributed by atoms with Crippen LogP contribution in [-0.4, -0.2) is 14.7 Å². The summed E-state index contributed by atoms with van der Waals surface area (Å²) in [7, 11) is 0. The molecule has 0 aliphatic carbocycles. The normalized spacial score (nSPS) is 11.0. The zero-order valence-corrected chi connectivity index (χ0v) is 14.9. The van der Waals surface area contributed by atoms with Gasteiger partial charge in [0.15, 0.2) is 0 Å². The highest BCUT2D eigenvalue weighted by Crippen LogP contribution is 2.29. The highest BCUT2D eigenvalue weighted by molar-refractivity contribution is 5.85. The van der Waals surface area contributed by atoms with Crippen LogP contribution >= 0.6 is 12.4 Å². The average Bonchev–Trinajstić information content (AvgIpc) is 3.09. The second-order valence-electron chi connectivity index (χ2n) is 5.81. The van der Waals surface area contributed by atoms with E-state index in [9.17, 15) is 5.11 Å². The van der Waals surface area contributed by atoms with Gasteiger partial charge in [0, 0.05) is 30.8 Å². The van der Waals surface area contributed by atoms with Crippen molar-refractivity contribution in [3.05, 3.63) is 83.4 Å². The predicted molar refractivity (Wildman–Crippen MR) is 103 cm³/mol. The number of nitriles is 1. The minimum atomic E-state index is 0. The number of halogens is 1. The van der Waals surface area contributed by atoms with Crippen LogP contribution in [-0.2, 0) is 6.54 Å². The number of phenols is 1. The molecule has 0 spiro atoms. The average molecular weight is 364 g/mol. The molecule has 0 bridgehead atoms. The summed E-state index contributed by atoms with van der Waals surface area (Å²) in [5, 5.41) is 18.4. The van der Waals surface area contributed by atoms with Gasteiger partial charge in [-0.2, -0.15) is 5.26 Å². The number of imidazole rings is 1. The molecule has 0 saturated carbocycles. The van der Waals surface area contributed by atoms with E-state index >= 15 is 0 Å². The van der Waals surface area contributed by atoms with E-state index in [0.29, 0.717) is 18.5 Å². The Morgan fingerprint density at radius 2 is 1.81 bits per heavy atom. The van der Waals surface area contributed by atoms with Crippen LogP contribution in [0.25, 0.3) is 0 Å². The van der Waals surface area contributed by atoms with Gasteiger partial charge >= 0.3 is 0 Å². The minimum Gasteiger partial charge on any atom is -0.508 e. The Balaban J connectivity index is 0.00000243. The summed E-state index contributed by atoms with van der Waals surface area (Å²) >= 11 is 0. The van der Waals surface area contributed by atoms with Crippen molar-refractivity contribution >= 4 is 12.4 Å². The predicted octanol–water partition coefficient (Wildman–Crippen LogP) is 4.09. The molecule has 5 heteroatoms. The summed E-state index contributed by atoms with van der Waals surface area (Å²) in [4.78, 5) is 4.29. The van der Waals surface area contributed by atoms with E-state index in [1.54, 1.807) is 18.5 Å². The van der Waals surface area contributed by atoms with Crippen LogP contribution in [0.2, 0.25) is 0 Å². The number of hydrogen-bond acceptors (Lipinski definition) is 3. The molecule has 0 aliphatic rings. The number of benzene rings is 2. The van der Waals surface area contributed by atoms with Gasteiger partial charge in [0.2, 0.25) is 0 Å². The smallest absolute Gasteiger partial charge is 0.115 e. The molecule has 1 unspecified atom stereocenters. The maximum atomic E-state index is 9.51. The third-order valence-corrected chi connectivity index (χ3v) is 4.15. The Morgan fingerprint density at radius 3 is 2.42 bits per heavy atom. The topological polar surface area (TPSA) is 61.8 Å². The van der Waals surface area contributed by atoms with Crippen LogP contribution < -0.4 is 0 Å². The lowest BCUT2D eigenvalue weighted by atomic mass is 9.93. The standard InChI is InChI=1S/C21H17N3O.ClH/c1-2-3-20(18-8-10-19(25)11-9-18)21-13-23-15-24(21)14-17-6-4-16(12-22)5-7-17;/h1,4-11,13,15,20,25H,3,14H2;1H. The van der Waals surface area contributed by atoms with Gasteiger partial charge in [-0.05, 0) is 35.4 Å². The zero-order chi connectivity index (χ0) is 17.6. The van der Waals surface area contributed by atoms with E-state index < -0.39 is 0 Å². The van der Waals surface area contributed by atoms with Crippen molar-refractivity contribution in [1.82, 2.24) is 9.55 Å². The van der Waals surface area contributed by atoms with Crippen LogP contribution in [0.15, 0.2) is 61.1 Å². The fraction of sp³-hybridized carbons (Fsp3) is 0.143. The van der Waals surface area contributed by atoms with Crippen molar-refractivity contribution in [3.63, 3.8) is 0 Å². The molecule has 4 nitrogen and oxygen atoms in total. The first-order valence-corrected chi connectivity index (χ1v) is 7.92.